The Morgan fingerprint density at radius 1 is 1.21 bits per heavy atom. The molecule has 0 atom stereocenters. The fourth-order valence-corrected chi connectivity index (χ4v) is 3.17. The highest BCUT2D eigenvalue weighted by molar-refractivity contribution is 5.94. The van der Waals surface area contributed by atoms with Crippen LogP contribution in [-0.2, 0) is 24.3 Å². The zero-order chi connectivity index (χ0) is 19.7. The first-order valence-corrected chi connectivity index (χ1v) is 9.23. The minimum absolute atomic E-state index is 0.0410. The van der Waals surface area contributed by atoms with Crippen LogP contribution in [0, 0.1) is 11.6 Å². The number of benzene rings is 1. The van der Waals surface area contributed by atoms with Crippen LogP contribution in [0.1, 0.15) is 44.9 Å². The molecule has 1 aliphatic heterocycles. The molecule has 1 aliphatic carbocycles. The number of fused-ring (bicyclic) bond motifs is 1. The third-order valence-corrected chi connectivity index (χ3v) is 4.81. The van der Waals surface area contributed by atoms with Gasteiger partial charge in [0.05, 0.1) is 19.8 Å². The number of ether oxygens (including phenoxy) is 1. The van der Waals surface area contributed by atoms with Crippen molar-refractivity contribution in [1.82, 2.24) is 20.4 Å². The lowest BCUT2D eigenvalue weighted by Gasteiger charge is -2.15. The molecule has 2 aromatic rings. The van der Waals surface area contributed by atoms with E-state index in [2.05, 4.69) is 15.7 Å². The van der Waals surface area contributed by atoms with E-state index in [1.165, 1.54) is 6.07 Å². The van der Waals surface area contributed by atoms with Gasteiger partial charge in [-0.1, -0.05) is 0 Å². The highest BCUT2D eigenvalue weighted by atomic mass is 19.2. The molecule has 1 saturated carbocycles. The van der Waals surface area contributed by atoms with Crippen LogP contribution in [0.5, 0.6) is 0 Å². The topological polar surface area (TPSA) is 85.2 Å². The third kappa shape index (κ3) is 3.89. The standard InChI is InChI=1S/C19H20F2N4O3/c20-14-4-1-11(9-15(14)21)18(26)22-6-7-25-16-5-8-28-10-13(16)17(24-25)19(27)23-12-2-3-12/h1,4,9,12H,2-3,5-8,10H2,(H,22,26)(H,23,27). The zero-order valence-electron chi connectivity index (χ0n) is 15.1. The number of rotatable bonds is 6. The van der Waals surface area contributed by atoms with E-state index in [0.29, 0.717) is 31.9 Å². The molecule has 9 heteroatoms. The van der Waals surface area contributed by atoms with Crippen molar-refractivity contribution >= 4 is 11.8 Å². The Hall–Kier alpha value is -2.81. The highest BCUT2D eigenvalue weighted by Gasteiger charge is 2.29. The third-order valence-electron chi connectivity index (χ3n) is 4.81. The minimum Gasteiger partial charge on any atom is -0.376 e. The van der Waals surface area contributed by atoms with E-state index in [0.717, 1.165) is 36.2 Å². The first-order valence-electron chi connectivity index (χ1n) is 9.23. The summed E-state index contributed by atoms with van der Waals surface area (Å²) >= 11 is 0. The lowest BCUT2D eigenvalue weighted by molar-refractivity contribution is 0.0921. The molecule has 1 aromatic heterocycles. The Morgan fingerprint density at radius 2 is 2.04 bits per heavy atom. The summed E-state index contributed by atoms with van der Waals surface area (Å²) < 4.78 is 33.4. The number of nitrogens with zero attached hydrogens (tertiary/aromatic N) is 2. The molecule has 4 rings (SSSR count). The minimum atomic E-state index is -1.07. The molecule has 1 aromatic carbocycles. The zero-order valence-corrected chi connectivity index (χ0v) is 15.1. The first-order chi connectivity index (χ1) is 13.5. The fraction of sp³-hybridized carbons (Fsp3) is 0.421. The van der Waals surface area contributed by atoms with Gasteiger partial charge in [0, 0.05) is 35.8 Å². The predicted octanol–water partition coefficient (Wildman–Crippen LogP) is 1.56. The summed E-state index contributed by atoms with van der Waals surface area (Å²) in [5, 5.41) is 10.0. The van der Waals surface area contributed by atoms with Crippen molar-refractivity contribution in [2.75, 3.05) is 13.2 Å². The van der Waals surface area contributed by atoms with Crippen molar-refractivity contribution in [1.29, 1.82) is 0 Å². The number of carbonyl (C=O) groups is 2. The Morgan fingerprint density at radius 3 is 2.79 bits per heavy atom. The summed E-state index contributed by atoms with van der Waals surface area (Å²) in [7, 11) is 0. The van der Waals surface area contributed by atoms with E-state index in [1.807, 2.05) is 0 Å². The molecule has 2 N–H and O–H groups in total. The van der Waals surface area contributed by atoms with Crippen molar-refractivity contribution < 1.29 is 23.1 Å². The molecule has 28 heavy (non-hydrogen) atoms. The summed E-state index contributed by atoms with van der Waals surface area (Å²) in [5.74, 6) is -2.78. The lowest BCUT2D eigenvalue weighted by Crippen LogP contribution is -2.28. The van der Waals surface area contributed by atoms with Gasteiger partial charge in [0.1, 0.15) is 0 Å². The van der Waals surface area contributed by atoms with Crippen LogP contribution >= 0.6 is 0 Å². The number of aromatic nitrogens is 2. The van der Waals surface area contributed by atoms with E-state index in [1.54, 1.807) is 4.68 Å². The molecule has 1 fully saturated rings. The predicted molar refractivity (Wildman–Crippen MR) is 94.8 cm³/mol. The number of hydrogen-bond acceptors (Lipinski definition) is 4. The molecule has 2 heterocycles. The smallest absolute Gasteiger partial charge is 0.272 e. The van der Waals surface area contributed by atoms with Crippen LogP contribution in [0.25, 0.3) is 0 Å². The van der Waals surface area contributed by atoms with Crippen molar-refractivity contribution in [3.63, 3.8) is 0 Å². The van der Waals surface area contributed by atoms with E-state index in [4.69, 9.17) is 4.74 Å². The van der Waals surface area contributed by atoms with Gasteiger partial charge in [-0.3, -0.25) is 14.3 Å². The summed E-state index contributed by atoms with van der Waals surface area (Å²) in [6.07, 6.45) is 2.61. The second-order valence-electron chi connectivity index (χ2n) is 6.93. The van der Waals surface area contributed by atoms with Crippen molar-refractivity contribution in [2.45, 2.75) is 38.5 Å². The van der Waals surface area contributed by atoms with Crippen molar-refractivity contribution in [2.24, 2.45) is 0 Å². The molecule has 7 nitrogen and oxygen atoms in total. The second-order valence-corrected chi connectivity index (χ2v) is 6.93. The number of halogens is 2. The number of amides is 2. The second kappa shape index (κ2) is 7.67. The van der Waals surface area contributed by atoms with Crippen LogP contribution in [-0.4, -0.2) is 40.8 Å². The van der Waals surface area contributed by atoms with Crippen LogP contribution in [0.3, 0.4) is 0 Å². The molecular weight excluding hydrogens is 370 g/mol. The van der Waals surface area contributed by atoms with E-state index in [-0.39, 0.29) is 24.1 Å². The van der Waals surface area contributed by atoms with Crippen LogP contribution in [0.2, 0.25) is 0 Å². The Balaban J connectivity index is 1.42. The molecule has 0 spiro atoms. The summed E-state index contributed by atoms with van der Waals surface area (Å²) in [6, 6.07) is 3.23. The van der Waals surface area contributed by atoms with E-state index < -0.39 is 17.5 Å². The van der Waals surface area contributed by atoms with E-state index in [9.17, 15) is 18.4 Å². The Kier molecular flexibility index (Phi) is 5.08. The average molecular weight is 390 g/mol. The number of hydrogen-bond donors (Lipinski definition) is 2. The van der Waals surface area contributed by atoms with Crippen LogP contribution in [0.4, 0.5) is 8.78 Å². The SMILES string of the molecule is O=C(NCCn1nc(C(=O)NC2CC2)c2c1CCOC2)c1ccc(F)c(F)c1. The van der Waals surface area contributed by atoms with Crippen LogP contribution < -0.4 is 10.6 Å². The molecule has 2 amide bonds. The normalized spacial score (nSPS) is 15.8. The molecular formula is C19H20F2N4O3. The number of carbonyl (C=O) groups excluding carboxylic acids is 2. The number of nitrogens with one attached hydrogen (secondary N) is 2. The van der Waals surface area contributed by atoms with Crippen molar-refractivity contribution in [3.05, 3.63) is 52.3 Å². The Bertz CT molecular complexity index is 924. The lowest BCUT2D eigenvalue weighted by atomic mass is 10.1. The first kappa shape index (κ1) is 18.5. The van der Waals surface area contributed by atoms with Gasteiger partial charge >= 0.3 is 0 Å². The van der Waals surface area contributed by atoms with Crippen LogP contribution in [0.15, 0.2) is 18.2 Å². The quantitative estimate of drug-likeness (QED) is 0.784. The van der Waals surface area contributed by atoms with Gasteiger partial charge < -0.3 is 15.4 Å². The molecule has 0 radical (unpaired) electrons. The van der Waals surface area contributed by atoms with Gasteiger partial charge in [0.25, 0.3) is 11.8 Å². The molecule has 0 saturated heterocycles. The maximum atomic E-state index is 13.3. The average Bonchev–Trinajstić information content (AvgIpc) is 3.43. The maximum Gasteiger partial charge on any atom is 0.272 e. The van der Waals surface area contributed by atoms with E-state index >= 15 is 0 Å². The van der Waals surface area contributed by atoms with Gasteiger partial charge in [-0.25, -0.2) is 8.78 Å². The van der Waals surface area contributed by atoms with Gasteiger partial charge in [-0.2, -0.15) is 5.10 Å². The molecule has 0 unspecified atom stereocenters. The highest BCUT2D eigenvalue weighted by Crippen LogP contribution is 2.23. The van der Waals surface area contributed by atoms with Gasteiger partial charge in [-0.05, 0) is 31.0 Å². The molecule has 2 aliphatic rings. The largest absolute Gasteiger partial charge is 0.376 e. The van der Waals surface area contributed by atoms with Gasteiger partial charge in [-0.15, -0.1) is 0 Å². The van der Waals surface area contributed by atoms with Gasteiger partial charge in [0.15, 0.2) is 17.3 Å². The monoisotopic (exact) mass is 390 g/mol. The summed E-state index contributed by atoms with van der Waals surface area (Å²) in [5.41, 5.74) is 2.12. The summed E-state index contributed by atoms with van der Waals surface area (Å²) in [6.45, 7) is 1.47. The van der Waals surface area contributed by atoms with Crippen molar-refractivity contribution in [3.8, 4) is 0 Å². The molecule has 0 bridgehead atoms. The Labute approximate surface area is 160 Å². The molecule has 148 valence electrons. The van der Waals surface area contributed by atoms with Gasteiger partial charge in [0.2, 0.25) is 0 Å². The fourth-order valence-electron chi connectivity index (χ4n) is 3.17. The maximum absolute atomic E-state index is 13.3. The summed E-state index contributed by atoms with van der Waals surface area (Å²) in [4.78, 5) is 24.5.